The average Bonchev–Trinajstić information content (AvgIpc) is 2.69. The Bertz CT molecular complexity index is 587. The molecule has 0 bridgehead atoms. The Morgan fingerprint density at radius 1 is 1.12 bits per heavy atom. The van der Waals surface area contributed by atoms with E-state index in [1.807, 2.05) is 23.1 Å². The van der Waals surface area contributed by atoms with Gasteiger partial charge in [-0.15, -0.1) is 0 Å². The van der Waals surface area contributed by atoms with Gasteiger partial charge in [-0.1, -0.05) is 30.3 Å². The smallest absolute Gasteiger partial charge is 0.234 e. The van der Waals surface area contributed by atoms with Crippen LogP contribution in [0, 0.1) is 5.92 Å². The maximum absolute atomic E-state index is 12.7. The highest BCUT2D eigenvalue weighted by Gasteiger charge is 2.30. The number of piperidine rings is 1. The number of nitrogens with zero attached hydrogens (tertiary/aromatic N) is 2. The van der Waals surface area contributed by atoms with Crippen molar-refractivity contribution in [1.29, 1.82) is 0 Å². The van der Waals surface area contributed by atoms with Crippen molar-refractivity contribution in [1.82, 2.24) is 15.1 Å². The van der Waals surface area contributed by atoms with Crippen molar-refractivity contribution >= 4 is 11.8 Å². The molecule has 2 aliphatic rings. The molecule has 2 fully saturated rings. The van der Waals surface area contributed by atoms with E-state index in [1.54, 1.807) is 0 Å². The fourth-order valence-electron chi connectivity index (χ4n) is 3.69. The van der Waals surface area contributed by atoms with Crippen molar-refractivity contribution in [2.45, 2.75) is 19.3 Å². The second-order valence-electron chi connectivity index (χ2n) is 7.10. The SMILES string of the molecule is O=C(CN1CCCC(C(=O)N2CCOCC2)C1)NCCc1ccccc1. The van der Waals surface area contributed by atoms with Crippen LogP contribution < -0.4 is 5.32 Å². The van der Waals surface area contributed by atoms with Gasteiger partial charge in [-0.25, -0.2) is 0 Å². The maximum atomic E-state index is 12.7. The molecule has 142 valence electrons. The van der Waals surface area contributed by atoms with Crippen LogP contribution >= 0.6 is 0 Å². The van der Waals surface area contributed by atoms with Crippen molar-refractivity contribution < 1.29 is 14.3 Å². The van der Waals surface area contributed by atoms with E-state index in [4.69, 9.17) is 4.74 Å². The Morgan fingerprint density at radius 3 is 2.65 bits per heavy atom. The van der Waals surface area contributed by atoms with E-state index in [1.165, 1.54) is 5.56 Å². The van der Waals surface area contributed by atoms with E-state index in [0.29, 0.717) is 45.9 Å². The lowest BCUT2D eigenvalue weighted by molar-refractivity contribution is -0.142. The molecule has 6 heteroatoms. The third-order valence-corrected chi connectivity index (χ3v) is 5.12. The zero-order valence-electron chi connectivity index (χ0n) is 15.4. The highest BCUT2D eigenvalue weighted by Crippen LogP contribution is 2.19. The van der Waals surface area contributed by atoms with Gasteiger partial charge >= 0.3 is 0 Å². The maximum Gasteiger partial charge on any atom is 0.234 e. The monoisotopic (exact) mass is 359 g/mol. The van der Waals surface area contributed by atoms with Crippen LogP contribution in [0.15, 0.2) is 30.3 Å². The van der Waals surface area contributed by atoms with E-state index in [2.05, 4.69) is 22.3 Å². The first-order chi connectivity index (χ1) is 12.7. The number of carbonyl (C=O) groups is 2. The second kappa shape index (κ2) is 9.69. The lowest BCUT2D eigenvalue weighted by Crippen LogP contribution is -2.50. The Hall–Kier alpha value is -1.92. The normalized spacial score (nSPS) is 21.4. The van der Waals surface area contributed by atoms with E-state index in [9.17, 15) is 9.59 Å². The fraction of sp³-hybridized carbons (Fsp3) is 0.600. The van der Waals surface area contributed by atoms with Gasteiger partial charge in [0.1, 0.15) is 0 Å². The lowest BCUT2D eigenvalue weighted by atomic mass is 9.96. The molecule has 0 radical (unpaired) electrons. The van der Waals surface area contributed by atoms with Crippen LogP contribution in [0.4, 0.5) is 0 Å². The number of ether oxygens (including phenoxy) is 1. The van der Waals surface area contributed by atoms with Crippen LogP contribution in [0.3, 0.4) is 0 Å². The van der Waals surface area contributed by atoms with Gasteiger partial charge in [-0.2, -0.15) is 0 Å². The van der Waals surface area contributed by atoms with Crippen LogP contribution in [-0.2, 0) is 20.7 Å². The standard InChI is InChI=1S/C20H29N3O3/c24-19(21-9-8-17-5-2-1-3-6-17)16-22-10-4-7-18(15-22)20(25)23-11-13-26-14-12-23/h1-3,5-6,18H,4,7-16H2,(H,21,24). The topological polar surface area (TPSA) is 61.9 Å². The third-order valence-electron chi connectivity index (χ3n) is 5.12. The summed E-state index contributed by atoms with van der Waals surface area (Å²) in [6.07, 6.45) is 2.73. The molecular formula is C20H29N3O3. The van der Waals surface area contributed by atoms with Crippen molar-refractivity contribution in [2.24, 2.45) is 5.92 Å². The summed E-state index contributed by atoms with van der Waals surface area (Å²) in [5.74, 6) is 0.279. The molecular weight excluding hydrogens is 330 g/mol. The number of carbonyl (C=O) groups excluding carboxylic acids is 2. The zero-order valence-corrected chi connectivity index (χ0v) is 15.4. The highest BCUT2D eigenvalue weighted by molar-refractivity contribution is 5.80. The number of likely N-dealkylation sites (tertiary alicyclic amines) is 1. The molecule has 6 nitrogen and oxygen atoms in total. The summed E-state index contributed by atoms with van der Waals surface area (Å²) in [6, 6.07) is 10.2. The van der Waals surface area contributed by atoms with E-state index >= 15 is 0 Å². The van der Waals surface area contributed by atoms with Gasteiger partial charge < -0.3 is 15.0 Å². The Morgan fingerprint density at radius 2 is 1.88 bits per heavy atom. The van der Waals surface area contributed by atoms with Gasteiger partial charge in [0, 0.05) is 26.2 Å². The van der Waals surface area contributed by atoms with Crippen LogP contribution in [0.2, 0.25) is 0 Å². The van der Waals surface area contributed by atoms with Crippen molar-refractivity contribution in [2.75, 3.05) is 52.5 Å². The molecule has 1 aromatic rings. The summed E-state index contributed by atoms with van der Waals surface area (Å²) in [5, 5.41) is 2.99. The molecule has 0 aliphatic carbocycles. The van der Waals surface area contributed by atoms with Crippen molar-refractivity contribution in [3.63, 3.8) is 0 Å². The van der Waals surface area contributed by atoms with Gasteiger partial charge in [-0.3, -0.25) is 14.5 Å². The first-order valence-corrected chi connectivity index (χ1v) is 9.62. The van der Waals surface area contributed by atoms with Crippen LogP contribution in [0.1, 0.15) is 18.4 Å². The molecule has 1 aromatic carbocycles. The lowest BCUT2D eigenvalue weighted by Gasteiger charge is -2.35. The Kier molecular flexibility index (Phi) is 7.03. The minimum absolute atomic E-state index is 0.0129. The number of rotatable bonds is 6. The molecule has 1 N–H and O–H groups in total. The first kappa shape index (κ1) is 18.9. The fourth-order valence-corrected chi connectivity index (χ4v) is 3.69. The van der Waals surface area contributed by atoms with Crippen molar-refractivity contribution in [3.8, 4) is 0 Å². The molecule has 26 heavy (non-hydrogen) atoms. The molecule has 0 saturated carbocycles. The number of nitrogens with one attached hydrogen (secondary N) is 1. The predicted molar refractivity (Wildman–Crippen MR) is 99.7 cm³/mol. The first-order valence-electron chi connectivity index (χ1n) is 9.62. The van der Waals surface area contributed by atoms with Gasteiger partial charge in [-0.05, 0) is 31.4 Å². The average molecular weight is 359 g/mol. The van der Waals surface area contributed by atoms with E-state index in [0.717, 1.165) is 25.8 Å². The summed E-state index contributed by atoms with van der Waals surface area (Å²) < 4.78 is 5.32. The quantitative estimate of drug-likeness (QED) is 0.820. The van der Waals surface area contributed by atoms with Crippen LogP contribution in [0.25, 0.3) is 0 Å². The summed E-state index contributed by atoms with van der Waals surface area (Å²) in [7, 11) is 0. The number of hydrogen-bond acceptors (Lipinski definition) is 4. The second-order valence-corrected chi connectivity index (χ2v) is 7.10. The molecule has 0 aromatic heterocycles. The molecule has 1 unspecified atom stereocenters. The Balaban J connectivity index is 1.39. The summed E-state index contributed by atoms with van der Waals surface area (Å²) >= 11 is 0. The van der Waals surface area contributed by atoms with Gasteiger partial charge in [0.15, 0.2) is 0 Å². The Labute approximate surface area is 155 Å². The minimum atomic E-state index is 0.0129. The van der Waals surface area contributed by atoms with Crippen molar-refractivity contribution in [3.05, 3.63) is 35.9 Å². The highest BCUT2D eigenvalue weighted by atomic mass is 16.5. The molecule has 2 aliphatic heterocycles. The zero-order chi connectivity index (χ0) is 18.2. The summed E-state index contributed by atoms with van der Waals surface area (Å²) in [5.41, 5.74) is 1.22. The van der Waals surface area contributed by atoms with Crippen LogP contribution in [-0.4, -0.2) is 74.1 Å². The number of amides is 2. The molecule has 2 heterocycles. The molecule has 3 rings (SSSR count). The molecule has 0 spiro atoms. The van der Waals surface area contributed by atoms with Gasteiger partial charge in [0.2, 0.25) is 11.8 Å². The number of morpholine rings is 1. The predicted octanol–water partition coefficient (Wildman–Crippen LogP) is 0.916. The largest absolute Gasteiger partial charge is 0.378 e. The minimum Gasteiger partial charge on any atom is -0.378 e. The third kappa shape index (κ3) is 5.54. The number of benzene rings is 1. The van der Waals surface area contributed by atoms with Gasteiger partial charge in [0.25, 0.3) is 0 Å². The molecule has 1 atom stereocenters. The molecule has 2 amide bonds. The summed E-state index contributed by atoms with van der Waals surface area (Å²) in [6.45, 7) is 5.23. The van der Waals surface area contributed by atoms with Crippen LogP contribution in [0.5, 0.6) is 0 Å². The summed E-state index contributed by atoms with van der Waals surface area (Å²) in [4.78, 5) is 28.9. The number of hydrogen-bond donors (Lipinski definition) is 1. The molecule has 2 saturated heterocycles. The van der Waals surface area contributed by atoms with E-state index in [-0.39, 0.29) is 17.7 Å². The van der Waals surface area contributed by atoms with E-state index < -0.39 is 0 Å². The van der Waals surface area contributed by atoms with Gasteiger partial charge in [0.05, 0.1) is 25.7 Å².